The van der Waals surface area contributed by atoms with E-state index in [0.29, 0.717) is 6.54 Å². The lowest BCUT2D eigenvalue weighted by Crippen LogP contribution is -2.26. The van der Waals surface area contributed by atoms with E-state index in [1.807, 2.05) is 53.9 Å². The molecule has 5 rings (SSSR count). The summed E-state index contributed by atoms with van der Waals surface area (Å²) >= 11 is 0. The Labute approximate surface area is 186 Å². The number of pyridine rings is 2. The van der Waals surface area contributed by atoms with Gasteiger partial charge >= 0.3 is 0 Å². The second-order valence-corrected chi connectivity index (χ2v) is 8.14. The summed E-state index contributed by atoms with van der Waals surface area (Å²) in [6, 6.07) is 22.4. The van der Waals surface area contributed by atoms with Gasteiger partial charge in [-0.1, -0.05) is 60.2 Å². The van der Waals surface area contributed by atoms with Crippen molar-refractivity contribution >= 4 is 22.3 Å². The molecule has 3 heterocycles. The summed E-state index contributed by atoms with van der Waals surface area (Å²) in [5.41, 5.74) is 6.75. The summed E-state index contributed by atoms with van der Waals surface area (Å²) < 4.78 is 2.03. The van der Waals surface area contributed by atoms with Gasteiger partial charge in [0.15, 0.2) is 0 Å². The van der Waals surface area contributed by atoms with Crippen LogP contribution < -0.4 is 5.32 Å². The Kier molecular flexibility index (Phi) is 5.15. The van der Waals surface area contributed by atoms with E-state index in [0.717, 1.165) is 44.6 Å². The lowest BCUT2D eigenvalue weighted by atomic mass is 10.1. The van der Waals surface area contributed by atoms with Crippen molar-refractivity contribution in [3.63, 3.8) is 0 Å². The van der Waals surface area contributed by atoms with Gasteiger partial charge in [-0.3, -0.25) is 9.78 Å². The van der Waals surface area contributed by atoms with E-state index in [1.165, 1.54) is 5.56 Å². The van der Waals surface area contributed by atoms with E-state index in [4.69, 9.17) is 4.98 Å². The number of imidazole rings is 1. The number of aryl methyl sites for hydroxylation is 2. The third kappa shape index (κ3) is 3.85. The Balaban J connectivity index is 1.45. The molecule has 5 aromatic rings. The summed E-state index contributed by atoms with van der Waals surface area (Å²) in [5.74, 6) is -0.0589. The third-order valence-corrected chi connectivity index (χ3v) is 5.73. The Bertz CT molecular complexity index is 1430. The van der Waals surface area contributed by atoms with Crippen molar-refractivity contribution in [1.29, 1.82) is 0 Å². The van der Waals surface area contributed by atoms with Gasteiger partial charge in [0, 0.05) is 23.3 Å². The molecule has 0 saturated carbocycles. The molecule has 3 aromatic heterocycles. The van der Waals surface area contributed by atoms with E-state index in [9.17, 15) is 4.79 Å². The molecule has 0 atom stereocenters. The molecule has 158 valence electrons. The molecule has 0 spiro atoms. The van der Waals surface area contributed by atoms with Crippen LogP contribution >= 0.6 is 0 Å². The molecule has 0 aliphatic rings. The highest BCUT2D eigenvalue weighted by Gasteiger charge is 2.17. The molecule has 0 bridgehead atoms. The first-order valence-corrected chi connectivity index (χ1v) is 10.7. The fraction of sp³-hybridized carbons (Fsp3) is 0.148. The molecule has 2 aromatic carbocycles. The number of hydrogen-bond acceptors (Lipinski definition) is 3. The normalized spacial score (nSPS) is 11.2. The number of rotatable bonds is 5. The van der Waals surface area contributed by atoms with Gasteiger partial charge in [0.05, 0.1) is 30.0 Å². The van der Waals surface area contributed by atoms with Crippen molar-refractivity contribution in [2.75, 3.05) is 0 Å². The number of carbonyl (C=O) groups is 1. The predicted molar refractivity (Wildman–Crippen MR) is 127 cm³/mol. The number of nitrogens with zero attached hydrogens (tertiary/aromatic N) is 3. The van der Waals surface area contributed by atoms with Gasteiger partial charge in [0.2, 0.25) is 5.91 Å². The topological polar surface area (TPSA) is 59.3 Å². The van der Waals surface area contributed by atoms with E-state index in [2.05, 4.69) is 47.6 Å². The Hall–Kier alpha value is -3.99. The van der Waals surface area contributed by atoms with Gasteiger partial charge in [-0.05, 0) is 36.9 Å². The molecular formula is C27H24N4O. The molecule has 0 unspecified atom stereocenters. The number of carbonyl (C=O) groups excluding carboxylic acids is 1. The second kappa shape index (κ2) is 8.27. The molecule has 0 aliphatic carbocycles. The minimum Gasteiger partial charge on any atom is -0.350 e. The maximum absolute atomic E-state index is 13.0. The third-order valence-electron chi connectivity index (χ3n) is 5.73. The first-order chi connectivity index (χ1) is 15.6. The Morgan fingerprint density at radius 3 is 2.56 bits per heavy atom. The van der Waals surface area contributed by atoms with E-state index in [-0.39, 0.29) is 12.3 Å². The zero-order chi connectivity index (χ0) is 22.1. The van der Waals surface area contributed by atoms with Crippen LogP contribution in [0.1, 0.15) is 22.5 Å². The number of nitrogens with one attached hydrogen (secondary N) is 1. The molecule has 5 nitrogen and oxygen atoms in total. The average molecular weight is 421 g/mol. The monoisotopic (exact) mass is 420 g/mol. The quantitative estimate of drug-likeness (QED) is 0.434. The van der Waals surface area contributed by atoms with Crippen LogP contribution in [0.15, 0.2) is 79.1 Å². The molecule has 0 fully saturated rings. The van der Waals surface area contributed by atoms with Crippen LogP contribution in [0.4, 0.5) is 0 Å². The number of benzene rings is 2. The number of amides is 1. The average Bonchev–Trinajstić information content (AvgIpc) is 3.15. The fourth-order valence-corrected chi connectivity index (χ4v) is 4.03. The summed E-state index contributed by atoms with van der Waals surface area (Å²) in [4.78, 5) is 22.3. The Morgan fingerprint density at radius 2 is 1.72 bits per heavy atom. The van der Waals surface area contributed by atoms with E-state index in [1.54, 1.807) is 6.20 Å². The van der Waals surface area contributed by atoms with Crippen LogP contribution in [0.3, 0.4) is 0 Å². The van der Waals surface area contributed by atoms with Crippen molar-refractivity contribution < 1.29 is 4.79 Å². The van der Waals surface area contributed by atoms with Crippen molar-refractivity contribution in [1.82, 2.24) is 19.7 Å². The number of fused-ring (bicyclic) bond motifs is 2. The highest BCUT2D eigenvalue weighted by atomic mass is 16.1. The number of hydrogen-bond donors (Lipinski definition) is 1. The maximum atomic E-state index is 13.0. The highest BCUT2D eigenvalue weighted by Crippen LogP contribution is 2.26. The maximum Gasteiger partial charge on any atom is 0.226 e. The highest BCUT2D eigenvalue weighted by molar-refractivity contribution is 5.85. The van der Waals surface area contributed by atoms with Crippen LogP contribution in [0, 0.1) is 13.8 Å². The Morgan fingerprint density at radius 1 is 0.938 bits per heavy atom. The summed E-state index contributed by atoms with van der Waals surface area (Å²) in [7, 11) is 0. The minimum atomic E-state index is -0.0589. The first-order valence-electron chi connectivity index (χ1n) is 10.7. The van der Waals surface area contributed by atoms with Gasteiger partial charge in [0.25, 0.3) is 0 Å². The van der Waals surface area contributed by atoms with E-state index >= 15 is 0 Å². The largest absolute Gasteiger partial charge is 0.350 e. The zero-order valence-corrected chi connectivity index (χ0v) is 18.2. The standard InChI is InChI=1S/C27H24N4O/c1-18-7-10-21(11-8-18)27-24(31-17-19(2)9-12-25(31)30-27)15-26(32)29-16-23-22-6-4-3-5-20(22)13-14-28-23/h3-14,17H,15-16H2,1-2H3,(H,29,32). The predicted octanol–water partition coefficient (Wildman–Crippen LogP) is 5.03. The smallest absolute Gasteiger partial charge is 0.226 e. The van der Waals surface area contributed by atoms with E-state index < -0.39 is 0 Å². The van der Waals surface area contributed by atoms with Gasteiger partial charge in [-0.2, -0.15) is 0 Å². The minimum absolute atomic E-state index is 0.0589. The van der Waals surface area contributed by atoms with Crippen molar-refractivity contribution in [2.24, 2.45) is 0 Å². The van der Waals surface area contributed by atoms with Gasteiger partial charge < -0.3 is 9.72 Å². The summed E-state index contributed by atoms with van der Waals surface area (Å²) in [6.07, 6.45) is 4.06. The van der Waals surface area contributed by atoms with Crippen molar-refractivity contribution in [2.45, 2.75) is 26.8 Å². The van der Waals surface area contributed by atoms with Gasteiger partial charge in [-0.25, -0.2) is 4.98 Å². The lowest BCUT2D eigenvalue weighted by molar-refractivity contribution is -0.120. The lowest BCUT2D eigenvalue weighted by Gasteiger charge is -2.09. The second-order valence-electron chi connectivity index (χ2n) is 8.14. The van der Waals surface area contributed by atoms with Crippen molar-refractivity contribution in [3.05, 3.63) is 102 Å². The molecule has 1 N–H and O–H groups in total. The van der Waals surface area contributed by atoms with Crippen LogP contribution in [0.25, 0.3) is 27.7 Å². The van der Waals surface area contributed by atoms with Crippen LogP contribution in [-0.4, -0.2) is 20.3 Å². The first kappa shape index (κ1) is 19.9. The molecule has 0 saturated heterocycles. The van der Waals surface area contributed by atoms with Crippen LogP contribution in [-0.2, 0) is 17.8 Å². The number of aromatic nitrogens is 3. The molecular weight excluding hydrogens is 396 g/mol. The molecule has 1 amide bonds. The van der Waals surface area contributed by atoms with Crippen LogP contribution in [0.5, 0.6) is 0 Å². The van der Waals surface area contributed by atoms with Crippen molar-refractivity contribution in [3.8, 4) is 11.3 Å². The zero-order valence-electron chi connectivity index (χ0n) is 18.2. The van der Waals surface area contributed by atoms with Gasteiger partial charge in [-0.15, -0.1) is 0 Å². The molecule has 0 radical (unpaired) electrons. The molecule has 32 heavy (non-hydrogen) atoms. The molecule has 5 heteroatoms. The molecule has 0 aliphatic heterocycles. The summed E-state index contributed by atoms with van der Waals surface area (Å²) in [6.45, 7) is 4.49. The van der Waals surface area contributed by atoms with Crippen LogP contribution in [0.2, 0.25) is 0 Å². The van der Waals surface area contributed by atoms with Gasteiger partial charge in [0.1, 0.15) is 5.65 Å². The fourth-order valence-electron chi connectivity index (χ4n) is 4.03. The SMILES string of the molecule is Cc1ccc(-c2nc3ccc(C)cn3c2CC(=O)NCc2nccc3ccccc23)cc1. The summed E-state index contributed by atoms with van der Waals surface area (Å²) in [5, 5.41) is 5.23.